The third kappa shape index (κ3) is 6.31. The summed E-state index contributed by atoms with van der Waals surface area (Å²) in [4.78, 5) is 29.2. The lowest BCUT2D eigenvalue weighted by Crippen LogP contribution is -2.60. The molecular formula is C21H37N5O3. The second kappa shape index (κ2) is 9.31. The molecule has 2 aliphatic heterocycles. The van der Waals surface area contributed by atoms with Gasteiger partial charge < -0.3 is 20.7 Å². The Bertz CT molecular complexity index is 639. The van der Waals surface area contributed by atoms with E-state index in [0.717, 1.165) is 13.1 Å². The molecule has 2 fully saturated rings. The Balaban J connectivity index is 2.21. The number of urea groups is 1. The van der Waals surface area contributed by atoms with E-state index in [0.29, 0.717) is 38.5 Å². The number of nitriles is 1. The molecule has 0 aromatic carbocycles. The molecule has 8 heteroatoms. The maximum Gasteiger partial charge on any atom is 0.315 e. The second-order valence-corrected chi connectivity index (χ2v) is 10.1. The maximum atomic E-state index is 13.4. The van der Waals surface area contributed by atoms with Gasteiger partial charge >= 0.3 is 6.03 Å². The Hall–Kier alpha value is -1.85. The van der Waals surface area contributed by atoms with Crippen LogP contribution in [0.5, 0.6) is 0 Å². The summed E-state index contributed by atoms with van der Waals surface area (Å²) in [5, 5.41) is 12.9. The third-order valence-electron chi connectivity index (χ3n) is 5.63. The SMILES string of the molecule is CC(C)CN1CCC(C#N)(NC(=O)C(CC(C)(C)C)C2COCCN2C(N)=O)C1. The van der Waals surface area contributed by atoms with Gasteiger partial charge in [0.25, 0.3) is 0 Å². The van der Waals surface area contributed by atoms with E-state index in [9.17, 15) is 14.9 Å². The van der Waals surface area contributed by atoms with Crippen molar-refractivity contribution < 1.29 is 14.3 Å². The molecule has 0 aromatic rings. The van der Waals surface area contributed by atoms with E-state index in [1.54, 1.807) is 0 Å². The van der Waals surface area contributed by atoms with Crippen molar-refractivity contribution >= 4 is 11.9 Å². The summed E-state index contributed by atoms with van der Waals surface area (Å²) in [7, 11) is 0. The number of nitrogens with zero attached hydrogens (tertiary/aromatic N) is 3. The summed E-state index contributed by atoms with van der Waals surface area (Å²) in [6.07, 6.45) is 1.17. The molecule has 2 rings (SSSR count). The second-order valence-electron chi connectivity index (χ2n) is 10.1. The fraction of sp³-hybridized carbons (Fsp3) is 0.857. The Labute approximate surface area is 174 Å². The monoisotopic (exact) mass is 407 g/mol. The lowest BCUT2D eigenvalue weighted by Gasteiger charge is -2.41. The average molecular weight is 408 g/mol. The summed E-state index contributed by atoms with van der Waals surface area (Å²) in [6.45, 7) is 13.7. The van der Waals surface area contributed by atoms with E-state index < -0.39 is 23.5 Å². The number of hydrogen-bond acceptors (Lipinski definition) is 5. The molecular weight excluding hydrogens is 370 g/mol. The third-order valence-corrected chi connectivity index (χ3v) is 5.63. The number of morpholine rings is 1. The first-order chi connectivity index (χ1) is 13.5. The summed E-state index contributed by atoms with van der Waals surface area (Å²) in [5.74, 6) is -0.195. The molecule has 0 aliphatic carbocycles. The van der Waals surface area contributed by atoms with Crippen molar-refractivity contribution in [3.05, 3.63) is 0 Å². The Morgan fingerprint density at radius 2 is 2.03 bits per heavy atom. The van der Waals surface area contributed by atoms with Crippen LogP contribution in [0.15, 0.2) is 0 Å². The van der Waals surface area contributed by atoms with Gasteiger partial charge in [-0.05, 0) is 24.2 Å². The van der Waals surface area contributed by atoms with E-state index in [4.69, 9.17) is 10.5 Å². The van der Waals surface area contributed by atoms with Crippen LogP contribution in [0.3, 0.4) is 0 Å². The maximum absolute atomic E-state index is 13.4. The normalized spacial score (nSPS) is 26.9. The van der Waals surface area contributed by atoms with E-state index in [1.165, 1.54) is 4.90 Å². The molecule has 0 bridgehead atoms. The van der Waals surface area contributed by atoms with Crippen LogP contribution in [0.1, 0.15) is 47.5 Å². The number of hydrogen-bond donors (Lipinski definition) is 2. The zero-order valence-electron chi connectivity index (χ0n) is 18.5. The zero-order valence-corrected chi connectivity index (χ0v) is 18.5. The minimum absolute atomic E-state index is 0.137. The molecule has 164 valence electrons. The fourth-order valence-corrected chi connectivity index (χ4v) is 4.40. The highest BCUT2D eigenvalue weighted by Gasteiger charge is 2.44. The van der Waals surface area contributed by atoms with Crippen molar-refractivity contribution in [2.45, 2.75) is 59.0 Å². The Morgan fingerprint density at radius 1 is 1.34 bits per heavy atom. The van der Waals surface area contributed by atoms with Crippen LogP contribution in [-0.2, 0) is 9.53 Å². The molecule has 0 spiro atoms. The number of nitrogens with two attached hydrogens (primary N) is 1. The number of rotatable bonds is 6. The fourth-order valence-electron chi connectivity index (χ4n) is 4.40. The van der Waals surface area contributed by atoms with E-state index >= 15 is 0 Å². The number of carbonyl (C=O) groups is 2. The van der Waals surface area contributed by atoms with Gasteiger partial charge in [0, 0.05) is 26.2 Å². The zero-order chi connectivity index (χ0) is 21.8. The van der Waals surface area contributed by atoms with Gasteiger partial charge in [-0.15, -0.1) is 0 Å². The molecule has 2 aliphatic rings. The standard InChI is InChI=1S/C21H37N5O3/c1-15(2)11-25-7-6-21(13-22,14-25)24-18(27)16(10-20(3,4)5)17-12-29-9-8-26(17)19(23)28/h15-17H,6-12,14H2,1-5H3,(H2,23,28)(H,24,27). The minimum Gasteiger partial charge on any atom is -0.377 e. The molecule has 3 atom stereocenters. The van der Waals surface area contributed by atoms with Crippen LogP contribution >= 0.6 is 0 Å². The molecule has 3 amide bonds. The van der Waals surface area contributed by atoms with Crippen molar-refractivity contribution in [3.8, 4) is 6.07 Å². The van der Waals surface area contributed by atoms with Crippen molar-refractivity contribution in [1.29, 1.82) is 5.26 Å². The van der Waals surface area contributed by atoms with E-state index in [2.05, 4.69) is 50.9 Å². The number of amides is 3. The Morgan fingerprint density at radius 3 is 2.59 bits per heavy atom. The van der Waals surface area contributed by atoms with Crippen LogP contribution in [0.4, 0.5) is 4.79 Å². The minimum atomic E-state index is -0.894. The molecule has 2 heterocycles. The lowest BCUT2D eigenvalue weighted by molar-refractivity contribution is -0.132. The van der Waals surface area contributed by atoms with Crippen molar-refractivity contribution in [2.24, 2.45) is 23.0 Å². The smallest absolute Gasteiger partial charge is 0.315 e. The molecule has 0 aromatic heterocycles. The summed E-state index contributed by atoms with van der Waals surface area (Å²) in [6, 6.07) is 1.39. The summed E-state index contributed by atoms with van der Waals surface area (Å²) < 4.78 is 5.59. The van der Waals surface area contributed by atoms with E-state index in [-0.39, 0.29) is 17.9 Å². The number of nitrogens with one attached hydrogen (secondary N) is 1. The van der Waals surface area contributed by atoms with Gasteiger partial charge in [0.1, 0.15) is 5.54 Å². The quantitative estimate of drug-likeness (QED) is 0.694. The van der Waals surface area contributed by atoms with E-state index in [1.807, 2.05) is 0 Å². The Kier molecular flexibility index (Phi) is 7.52. The van der Waals surface area contributed by atoms with Gasteiger partial charge in [-0.3, -0.25) is 9.69 Å². The summed E-state index contributed by atoms with van der Waals surface area (Å²) in [5.41, 5.74) is 4.55. The average Bonchev–Trinajstić information content (AvgIpc) is 3.01. The van der Waals surface area contributed by atoms with Gasteiger partial charge in [0.15, 0.2) is 0 Å². The van der Waals surface area contributed by atoms with Crippen LogP contribution in [-0.4, -0.2) is 72.7 Å². The van der Waals surface area contributed by atoms with Gasteiger partial charge in [0.2, 0.25) is 5.91 Å². The highest BCUT2D eigenvalue weighted by atomic mass is 16.5. The molecule has 0 radical (unpaired) electrons. The number of ether oxygens (including phenoxy) is 1. The van der Waals surface area contributed by atoms with Crippen molar-refractivity contribution in [1.82, 2.24) is 15.1 Å². The van der Waals surface area contributed by atoms with Gasteiger partial charge in [-0.2, -0.15) is 5.26 Å². The first-order valence-corrected chi connectivity index (χ1v) is 10.6. The topological polar surface area (TPSA) is 112 Å². The molecule has 3 N–H and O–H groups in total. The van der Waals surface area contributed by atoms with Gasteiger partial charge in [-0.1, -0.05) is 34.6 Å². The van der Waals surface area contributed by atoms with Crippen LogP contribution < -0.4 is 11.1 Å². The largest absolute Gasteiger partial charge is 0.377 e. The van der Waals surface area contributed by atoms with Crippen molar-refractivity contribution in [3.63, 3.8) is 0 Å². The van der Waals surface area contributed by atoms with Crippen LogP contribution in [0, 0.1) is 28.6 Å². The van der Waals surface area contributed by atoms with Crippen LogP contribution in [0.2, 0.25) is 0 Å². The molecule has 8 nitrogen and oxygen atoms in total. The van der Waals surface area contributed by atoms with Crippen molar-refractivity contribution in [2.75, 3.05) is 39.4 Å². The number of primary amides is 1. The molecule has 3 unspecified atom stereocenters. The lowest BCUT2D eigenvalue weighted by atomic mass is 9.79. The number of likely N-dealkylation sites (tertiary alicyclic amines) is 1. The predicted octanol–water partition coefficient (Wildman–Crippen LogP) is 1.56. The first-order valence-electron chi connectivity index (χ1n) is 10.6. The number of carbonyl (C=O) groups excluding carboxylic acids is 2. The highest BCUT2D eigenvalue weighted by Crippen LogP contribution is 2.31. The predicted molar refractivity (Wildman–Crippen MR) is 111 cm³/mol. The van der Waals surface area contributed by atoms with Gasteiger partial charge in [0.05, 0.1) is 31.2 Å². The van der Waals surface area contributed by atoms with Crippen LogP contribution in [0.25, 0.3) is 0 Å². The first kappa shape index (κ1) is 23.4. The highest BCUT2D eigenvalue weighted by molar-refractivity contribution is 5.82. The van der Waals surface area contributed by atoms with Gasteiger partial charge in [-0.25, -0.2) is 4.79 Å². The molecule has 2 saturated heterocycles. The summed E-state index contributed by atoms with van der Waals surface area (Å²) >= 11 is 0. The molecule has 0 saturated carbocycles. The molecule has 29 heavy (non-hydrogen) atoms.